The summed E-state index contributed by atoms with van der Waals surface area (Å²) in [6, 6.07) is 2.43. The van der Waals surface area contributed by atoms with Crippen LogP contribution in [0.2, 0.25) is 0 Å². The van der Waals surface area contributed by atoms with Gasteiger partial charge in [0.05, 0.1) is 15.6 Å². The van der Waals surface area contributed by atoms with E-state index < -0.39 is 0 Å². The Labute approximate surface area is 119 Å². The minimum Gasteiger partial charge on any atom is -0.397 e. The van der Waals surface area contributed by atoms with Gasteiger partial charge in [-0.25, -0.2) is 0 Å². The van der Waals surface area contributed by atoms with E-state index in [0.717, 1.165) is 5.00 Å². The van der Waals surface area contributed by atoms with E-state index in [1.165, 1.54) is 37.0 Å². The number of hydrogen-bond acceptors (Lipinski definition) is 4. The van der Waals surface area contributed by atoms with Crippen LogP contribution in [0.1, 0.15) is 62.5 Å². The SMILES string of the molecule is CCC(=O)c1sc(NC2CCC(C)(C)CC2)cc1N. The molecule has 0 aliphatic heterocycles. The number of carbonyl (C=O) groups is 1. The fourth-order valence-electron chi connectivity index (χ4n) is 2.60. The summed E-state index contributed by atoms with van der Waals surface area (Å²) in [5.41, 5.74) is 7.02. The number of nitrogen functional groups attached to an aromatic ring is 1. The molecule has 0 unspecified atom stereocenters. The maximum Gasteiger partial charge on any atom is 0.174 e. The number of carbonyl (C=O) groups excluding carboxylic acids is 1. The molecule has 3 nitrogen and oxygen atoms in total. The molecular formula is C15H24N2OS. The summed E-state index contributed by atoms with van der Waals surface area (Å²) in [5.74, 6) is 0.139. The summed E-state index contributed by atoms with van der Waals surface area (Å²) in [6.07, 6.45) is 5.42. The summed E-state index contributed by atoms with van der Waals surface area (Å²) >= 11 is 1.50. The molecular weight excluding hydrogens is 256 g/mol. The van der Waals surface area contributed by atoms with E-state index in [1.54, 1.807) is 0 Å². The average Bonchev–Trinajstić information content (AvgIpc) is 2.72. The van der Waals surface area contributed by atoms with Crippen LogP contribution in [0.4, 0.5) is 10.7 Å². The van der Waals surface area contributed by atoms with Gasteiger partial charge in [-0.2, -0.15) is 0 Å². The van der Waals surface area contributed by atoms with E-state index in [2.05, 4.69) is 19.2 Å². The van der Waals surface area contributed by atoms with E-state index in [9.17, 15) is 4.79 Å². The zero-order valence-electron chi connectivity index (χ0n) is 12.1. The monoisotopic (exact) mass is 280 g/mol. The van der Waals surface area contributed by atoms with Crippen LogP contribution in [0, 0.1) is 5.41 Å². The highest BCUT2D eigenvalue weighted by molar-refractivity contribution is 7.18. The molecule has 1 aliphatic rings. The third-order valence-corrected chi connectivity index (χ3v) is 5.14. The van der Waals surface area contributed by atoms with Crippen LogP contribution in [0.25, 0.3) is 0 Å². The summed E-state index contributed by atoms with van der Waals surface area (Å²) in [4.78, 5) is 12.4. The van der Waals surface area contributed by atoms with Gasteiger partial charge in [-0.05, 0) is 37.2 Å². The van der Waals surface area contributed by atoms with Gasteiger partial charge in [-0.1, -0.05) is 20.8 Å². The van der Waals surface area contributed by atoms with Crippen LogP contribution < -0.4 is 11.1 Å². The van der Waals surface area contributed by atoms with Gasteiger partial charge in [-0.3, -0.25) is 4.79 Å². The zero-order chi connectivity index (χ0) is 14.0. The molecule has 0 bridgehead atoms. The minimum atomic E-state index is 0.139. The van der Waals surface area contributed by atoms with Crippen molar-refractivity contribution >= 4 is 27.8 Å². The number of hydrogen-bond donors (Lipinski definition) is 2. The van der Waals surface area contributed by atoms with E-state index in [-0.39, 0.29) is 5.78 Å². The molecule has 4 heteroatoms. The van der Waals surface area contributed by atoms with Crippen molar-refractivity contribution in [1.82, 2.24) is 0 Å². The number of anilines is 2. The Bertz CT molecular complexity index is 455. The van der Waals surface area contributed by atoms with Crippen molar-refractivity contribution in [2.45, 2.75) is 58.9 Å². The van der Waals surface area contributed by atoms with Crippen molar-refractivity contribution < 1.29 is 4.79 Å². The topological polar surface area (TPSA) is 55.1 Å². The molecule has 1 heterocycles. The van der Waals surface area contributed by atoms with E-state index in [1.807, 2.05) is 13.0 Å². The Kier molecular flexibility index (Phi) is 4.19. The first-order valence-corrected chi connectivity index (χ1v) is 7.92. The third-order valence-electron chi connectivity index (χ3n) is 4.02. The normalized spacial score (nSPS) is 19.3. The van der Waals surface area contributed by atoms with Crippen LogP contribution in [-0.4, -0.2) is 11.8 Å². The molecule has 0 radical (unpaired) electrons. The standard InChI is InChI=1S/C15H24N2OS/c1-4-12(18)14-11(16)9-13(19-14)17-10-5-7-15(2,3)8-6-10/h9-10,17H,4-8,16H2,1-3H3. The van der Waals surface area contributed by atoms with Gasteiger partial charge in [0, 0.05) is 12.5 Å². The zero-order valence-corrected chi connectivity index (χ0v) is 12.9. The highest BCUT2D eigenvalue weighted by Gasteiger charge is 2.27. The van der Waals surface area contributed by atoms with Crippen molar-refractivity contribution in [3.63, 3.8) is 0 Å². The number of nitrogens with one attached hydrogen (secondary N) is 1. The Morgan fingerprint density at radius 3 is 2.68 bits per heavy atom. The smallest absolute Gasteiger partial charge is 0.174 e. The first-order chi connectivity index (χ1) is 8.91. The van der Waals surface area contributed by atoms with E-state index >= 15 is 0 Å². The van der Waals surface area contributed by atoms with Crippen molar-refractivity contribution in [2.24, 2.45) is 5.41 Å². The second-order valence-corrected chi connectivity index (χ2v) is 7.31. The lowest BCUT2D eigenvalue weighted by atomic mass is 9.76. The molecule has 0 spiro atoms. The molecule has 0 saturated heterocycles. The van der Waals surface area contributed by atoms with Crippen LogP contribution in [-0.2, 0) is 0 Å². The number of thiophene rings is 1. The van der Waals surface area contributed by atoms with Crippen LogP contribution in [0.5, 0.6) is 0 Å². The molecule has 0 amide bonds. The summed E-state index contributed by atoms with van der Waals surface area (Å²) < 4.78 is 0. The largest absolute Gasteiger partial charge is 0.397 e. The lowest BCUT2D eigenvalue weighted by Crippen LogP contribution is -2.29. The predicted molar refractivity (Wildman–Crippen MR) is 83.0 cm³/mol. The van der Waals surface area contributed by atoms with Gasteiger partial charge < -0.3 is 11.1 Å². The lowest BCUT2D eigenvalue weighted by Gasteiger charge is -2.34. The van der Waals surface area contributed by atoms with Gasteiger partial charge in [0.1, 0.15) is 0 Å². The molecule has 0 atom stereocenters. The Morgan fingerprint density at radius 1 is 1.47 bits per heavy atom. The number of Topliss-reactive ketones (excluding diaryl/α,β-unsaturated/α-hetero) is 1. The third kappa shape index (κ3) is 3.50. The molecule has 1 saturated carbocycles. The maximum atomic E-state index is 11.7. The number of nitrogens with two attached hydrogens (primary N) is 1. The molecule has 2 rings (SSSR count). The highest BCUT2D eigenvalue weighted by Crippen LogP contribution is 2.38. The van der Waals surface area contributed by atoms with E-state index in [0.29, 0.717) is 28.4 Å². The molecule has 106 valence electrons. The van der Waals surface area contributed by atoms with Crippen LogP contribution in [0.3, 0.4) is 0 Å². The van der Waals surface area contributed by atoms with Crippen molar-refractivity contribution in [2.75, 3.05) is 11.1 Å². The van der Waals surface area contributed by atoms with Crippen molar-refractivity contribution in [3.8, 4) is 0 Å². The summed E-state index contributed by atoms with van der Waals surface area (Å²) in [5, 5.41) is 4.59. The maximum absolute atomic E-state index is 11.7. The van der Waals surface area contributed by atoms with Crippen molar-refractivity contribution in [3.05, 3.63) is 10.9 Å². The van der Waals surface area contributed by atoms with Crippen LogP contribution >= 0.6 is 11.3 Å². The number of rotatable bonds is 4. The first kappa shape index (κ1) is 14.4. The Balaban J connectivity index is 1.99. The molecule has 3 N–H and O–H groups in total. The Morgan fingerprint density at radius 2 is 2.11 bits per heavy atom. The molecule has 19 heavy (non-hydrogen) atoms. The average molecular weight is 280 g/mol. The quantitative estimate of drug-likeness (QED) is 0.808. The fraction of sp³-hybridized carbons (Fsp3) is 0.667. The van der Waals surface area contributed by atoms with E-state index in [4.69, 9.17) is 5.73 Å². The van der Waals surface area contributed by atoms with Crippen LogP contribution in [0.15, 0.2) is 6.07 Å². The summed E-state index contributed by atoms with van der Waals surface area (Å²) in [6.45, 7) is 6.55. The molecule has 1 aromatic rings. The van der Waals surface area contributed by atoms with Gasteiger partial charge in [0.2, 0.25) is 0 Å². The second-order valence-electron chi connectivity index (χ2n) is 6.25. The highest BCUT2D eigenvalue weighted by atomic mass is 32.1. The predicted octanol–water partition coefficient (Wildman–Crippen LogP) is 4.30. The Hall–Kier alpha value is -1.03. The first-order valence-electron chi connectivity index (χ1n) is 7.10. The minimum absolute atomic E-state index is 0.139. The van der Waals surface area contributed by atoms with Crippen molar-refractivity contribution in [1.29, 1.82) is 0 Å². The van der Waals surface area contributed by atoms with Gasteiger partial charge in [0.25, 0.3) is 0 Å². The van der Waals surface area contributed by atoms with Gasteiger partial charge >= 0.3 is 0 Å². The molecule has 1 aliphatic carbocycles. The van der Waals surface area contributed by atoms with Gasteiger partial charge in [0.15, 0.2) is 5.78 Å². The second kappa shape index (κ2) is 5.53. The van der Waals surface area contributed by atoms with Gasteiger partial charge in [-0.15, -0.1) is 11.3 Å². The number of ketones is 1. The lowest BCUT2D eigenvalue weighted by molar-refractivity contribution is 0.0993. The molecule has 1 aromatic heterocycles. The summed E-state index contributed by atoms with van der Waals surface area (Å²) in [7, 11) is 0. The molecule has 0 aromatic carbocycles. The molecule has 1 fully saturated rings. The fourth-order valence-corrected chi connectivity index (χ4v) is 3.67.